The van der Waals surface area contributed by atoms with Gasteiger partial charge in [-0.3, -0.25) is 0 Å². The van der Waals surface area contributed by atoms with E-state index in [0.717, 1.165) is 6.54 Å². The van der Waals surface area contributed by atoms with Crippen LogP contribution in [0, 0.1) is 0 Å². The Morgan fingerprint density at radius 1 is 1.88 bits per heavy atom. The Balaban J connectivity index is 2.51. The van der Waals surface area contributed by atoms with E-state index in [9.17, 15) is 0 Å². The van der Waals surface area contributed by atoms with Crippen molar-refractivity contribution in [1.29, 1.82) is 0 Å². The van der Waals surface area contributed by atoms with Crippen molar-refractivity contribution in [3.63, 3.8) is 0 Å². The molecule has 1 N–H and O–H groups in total. The van der Waals surface area contributed by atoms with E-state index in [4.69, 9.17) is 0 Å². The number of nitrogens with one attached hydrogen (secondary N) is 1. The lowest BCUT2D eigenvalue weighted by molar-refractivity contribution is 0.822. The summed E-state index contributed by atoms with van der Waals surface area (Å²) in [6.45, 7) is 0.868. The first-order valence-corrected chi connectivity index (χ1v) is 3.66. The number of allylic oxidation sites excluding steroid dienone is 1. The summed E-state index contributed by atoms with van der Waals surface area (Å²) in [6, 6.07) is 0. The zero-order valence-electron chi connectivity index (χ0n) is 4.72. The lowest BCUT2D eigenvalue weighted by Gasteiger charge is -2.02. The van der Waals surface area contributed by atoms with Crippen LogP contribution in [0.25, 0.3) is 0 Å². The van der Waals surface area contributed by atoms with Gasteiger partial charge in [-0.05, 0) is 12.3 Å². The fourth-order valence-corrected chi connectivity index (χ4v) is 0.905. The third-order valence-electron chi connectivity index (χ3n) is 0.913. The molecule has 2 nitrogen and oxygen atoms in total. The fraction of sp³-hybridized carbons (Fsp3) is 0.400. The Morgan fingerprint density at radius 2 is 2.75 bits per heavy atom. The monoisotopic (exact) mass is 128 g/mol. The molecule has 3 heteroatoms. The molecule has 1 heterocycles. The van der Waals surface area contributed by atoms with Gasteiger partial charge in [-0.25, -0.2) is 0 Å². The summed E-state index contributed by atoms with van der Waals surface area (Å²) < 4.78 is 0. The summed E-state index contributed by atoms with van der Waals surface area (Å²) in [4.78, 5) is 1.24. The lowest BCUT2D eigenvalue weighted by atomic mass is 10.5. The van der Waals surface area contributed by atoms with E-state index in [1.807, 2.05) is 12.5 Å². The number of rotatable bonds is 1. The Bertz CT molecular complexity index is 128. The number of nitrogens with zero attached hydrogens (tertiary/aromatic N) is 1. The number of hydrazone groups is 1. The molecule has 0 unspecified atom stereocenters. The Morgan fingerprint density at radius 3 is 3.12 bits per heavy atom. The second-order valence-electron chi connectivity index (χ2n) is 1.43. The molecule has 8 heavy (non-hydrogen) atoms. The highest BCUT2D eigenvalue weighted by Gasteiger charge is 1.91. The van der Waals surface area contributed by atoms with Gasteiger partial charge in [0.05, 0.1) is 12.8 Å². The van der Waals surface area contributed by atoms with E-state index in [1.54, 1.807) is 11.8 Å². The molecule has 0 fully saturated rings. The Hall–Kier alpha value is -0.440. The summed E-state index contributed by atoms with van der Waals surface area (Å²) in [6.07, 6.45) is 5.98. The molecule has 1 aliphatic rings. The van der Waals surface area contributed by atoms with Crippen LogP contribution in [0.15, 0.2) is 16.1 Å². The van der Waals surface area contributed by atoms with Gasteiger partial charge in [-0.15, -0.1) is 11.8 Å². The Kier molecular flexibility index (Phi) is 1.97. The van der Waals surface area contributed by atoms with Crippen molar-refractivity contribution in [2.75, 3.05) is 12.8 Å². The fourth-order valence-electron chi connectivity index (χ4n) is 0.497. The maximum absolute atomic E-state index is 3.87. The van der Waals surface area contributed by atoms with Crippen molar-refractivity contribution in [1.82, 2.24) is 5.43 Å². The maximum atomic E-state index is 3.87. The minimum absolute atomic E-state index is 0.868. The van der Waals surface area contributed by atoms with Crippen LogP contribution in [0.5, 0.6) is 0 Å². The molecule has 0 amide bonds. The molecule has 0 bridgehead atoms. The average Bonchev–Trinajstić information content (AvgIpc) is 1.90. The quantitative estimate of drug-likeness (QED) is 0.565. The van der Waals surface area contributed by atoms with Crippen molar-refractivity contribution < 1.29 is 0 Å². The van der Waals surface area contributed by atoms with Gasteiger partial charge < -0.3 is 5.43 Å². The van der Waals surface area contributed by atoms with Crippen molar-refractivity contribution in [3.8, 4) is 0 Å². The molecule has 0 aromatic heterocycles. The van der Waals surface area contributed by atoms with Crippen LogP contribution >= 0.6 is 11.8 Å². The smallest absolute Gasteiger partial charge is 0.0601 e. The minimum atomic E-state index is 0.868. The summed E-state index contributed by atoms with van der Waals surface area (Å²) in [5.41, 5.74) is 2.83. The van der Waals surface area contributed by atoms with Crippen molar-refractivity contribution in [3.05, 3.63) is 11.0 Å². The van der Waals surface area contributed by atoms with Crippen molar-refractivity contribution >= 4 is 18.0 Å². The van der Waals surface area contributed by atoms with Gasteiger partial charge in [0.15, 0.2) is 0 Å². The highest BCUT2D eigenvalue weighted by Crippen LogP contribution is 2.08. The third kappa shape index (κ3) is 1.26. The molecule has 0 saturated heterocycles. The lowest BCUT2D eigenvalue weighted by Crippen LogP contribution is -2.09. The van der Waals surface area contributed by atoms with Crippen LogP contribution in [0.3, 0.4) is 0 Å². The van der Waals surface area contributed by atoms with Gasteiger partial charge in [-0.2, -0.15) is 5.10 Å². The first-order valence-electron chi connectivity index (χ1n) is 2.43. The summed E-state index contributed by atoms with van der Waals surface area (Å²) >= 11 is 1.72. The molecule has 0 aromatic carbocycles. The Labute approximate surface area is 53.0 Å². The topological polar surface area (TPSA) is 24.4 Å². The van der Waals surface area contributed by atoms with Gasteiger partial charge in [0.1, 0.15) is 0 Å². The SMILES string of the molecule is CSC1=CCNN=C1. The zero-order valence-corrected chi connectivity index (χ0v) is 5.53. The second-order valence-corrected chi connectivity index (χ2v) is 2.31. The van der Waals surface area contributed by atoms with Crippen LogP contribution in [0.1, 0.15) is 0 Å². The van der Waals surface area contributed by atoms with Crippen LogP contribution in [-0.2, 0) is 0 Å². The van der Waals surface area contributed by atoms with Crippen LogP contribution in [0.2, 0.25) is 0 Å². The molecule has 0 saturated carbocycles. The van der Waals surface area contributed by atoms with E-state index >= 15 is 0 Å². The van der Waals surface area contributed by atoms with E-state index in [-0.39, 0.29) is 0 Å². The van der Waals surface area contributed by atoms with Crippen molar-refractivity contribution in [2.24, 2.45) is 5.10 Å². The molecule has 0 atom stereocenters. The average molecular weight is 128 g/mol. The van der Waals surface area contributed by atoms with Crippen LogP contribution < -0.4 is 5.43 Å². The van der Waals surface area contributed by atoms with Crippen molar-refractivity contribution in [2.45, 2.75) is 0 Å². The number of thioether (sulfide) groups is 1. The van der Waals surface area contributed by atoms with E-state index in [1.165, 1.54) is 4.91 Å². The van der Waals surface area contributed by atoms with Crippen LogP contribution in [-0.4, -0.2) is 19.0 Å². The molecule has 44 valence electrons. The summed E-state index contributed by atoms with van der Waals surface area (Å²) in [5, 5.41) is 3.87. The normalized spacial score (nSPS) is 17.4. The molecule has 0 aromatic rings. The summed E-state index contributed by atoms with van der Waals surface area (Å²) in [5.74, 6) is 0. The number of hydrogen-bond donors (Lipinski definition) is 1. The number of hydrogen-bond acceptors (Lipinski definition) is 3. The molecule has 0 aliphatic carbocycles. The highest BCUT2D eigenvalue weighted by atomic mass is 32.2. The molecular formula is C5H8N2S. The first-order chi connectivity index (χ1) is 3.93. The molecule has 0 spiro atoms. The van der Waals surface area contributed by atoms with Gasteiger partial charge in [0, 0.05) is 4.91 Å². The van der Waals surface area contributed by atoms with Crippen LogP contribution in [0.4, 0.5) is 0 Å². The molecular weight excluding hydrogens is 120 g/mol. The van der Waals surface area contributed by atoms with Gasteiger partial charge in [-0.1, -0.05) is 0 Å². The molecule has 1 aliphatic heterocycles. The van der Waals surface area contributed by atoms with Gasteiger partial charge >= 0.3 is 0 Å². The maximum Gasteiger partial charge on any atom is 0.0601 e. The predicted octanol–water partition coefficient (Wildman–Crippen LogP) is 0.822. The van der Waals surface area contributed by atoms with E-state index in [0.29, 0.717) is 0 Å². The summed E-state index contributed by atoms with van der Waals surface area (Å²) in [7, 11) is 0. The van der Waals surface area contributed by atoms with Gasteiger partial charge in [0.2, 0.25) is 0 Å². The minimum Gasteiger partial charge on any atom is -0.306 e. The van der Waals surface area contributed by atoms with E-state index < -0.39 is 0 Å². The molecule has 0 radical (unpaired) electrons. The third-order valence-corrected chi connectivity index (χ3v) is 1.66. The largest absolute Gasteiger partial charge is 0.306 e. The standard InChI is InChI=1S/C5H8N2S/c1-8-5-2-3-6-7-4-5/h2,4,6H,3H2,1H3. The van der Waals surface area contributed by atoms with Gasteiger partial charge in [0.25, 0.3) is 0 Å². The highest BCUT2D eigenvalue weighted by molar-refractivity contribution is 8.03. The van der Waals surface area contributed by atoms with E-state index in [2.05, 4.69) is 16.6 Å². The predicted molar refractivity (Wildman–Crippen MR) is 38.1 cm³/mol. The molecule has 1 rings (SSSR count). The second kappa shape index (κ2) is 2.77. The zero-order chi connectivity index (χ0) is 5.82. The first kappa shape index (κ1) is 5.69.